The van der Waals surface area contributed by atoms with Crippen molar-refractivity contribution in [2.75, 3.05) is 28.2 Å². The zero-order valence-corrected chi connectivity index (χ0v) is 8.34. The SMILES string of the molecule is CN(C)C(=O)OSC(=O)N(C)C. The first kappa shape index (κ1) is 11.1. The molecule has 0 aliphatic rings. The molecule has 6 heteroatoms. The maximum Gasteiger partial charge on any atom is 0.421 e. The average Bonchev–Trinajstić information content (AvgIpc) is 1.98. The van der Waals surface area contributed by atoms with E-state index in [4.69, 9.17) is 0 Å². The van der Waals surface area contributed by atoms with E-state index in [1.54, 1.807) is 28.2 Å². The molecule has 0 aromatic heterocycles. The lowest BCUT2D eigenvalue weighted by Crippen LogP contribution is -2.23. The fourth-order valence-corrected chi connectivity index (χ4v) is 0.661. The van der Waals surface area contributed by atoms with Crippen molar-refractivity contribution < 1.29 is 13.8 Å². The van der Waals surface area contributed by atoms with Gasteiger partial charge in [-0.15, -0.1) is 0 Å². The van der Waals surface area contributed by atoms with Crippen LogP contribution in [0.1, 0.15) is 0 Å². The number of amides is 2. The lowest BCUT2D eigenvalue weighted by molar-refractivity contribution is 0.179. The molecule has 0 unspecified atom stereocenters. The predicted octanol–water partition coefficient (Wildman–Crippen LogP) is 1.01. The number of rotatable bonds is 0. The third kappa shape index (κ3) is 4.07. The summed E-state index contributed by atoms with van der Waals surface area (Å²) in [5.41, 5.74) is 0. The average molecular weight is 192 g/mol. The molecular formula is C6H12N2O3S. The summed E-state index contributed by atoms with van der Waals surface area (Å²) in [7, 11) is 6.25. The normalized spacial score (nSPS) is 9.00. The van der Waals surface area contributed by atoms with Crippen LogP contribution in [0.2, 0.25) is 0 Å². The summed E-state index contributed by atoms with van der Waals surface area (Å²) in [4.78, 5) is 24.2. The van der Waals surface area contributed by atoms with Crippen LogP contribution in [-0.2, 0) is 4.18 Å². The zero-order chi connectivity index (χ0) is 9.72. The Balaban J connectivity index is 3.69. The van der Waals surface area contributed by atoms with Gasteiger partial charge in [0.2, 0.25) is 0 Å². The van der Waals surface area contributed by atoms with E-state index in [0.29, 0.717) is 12.0 Å². The third-order valence-electron chi connectivity index (χ3n) is 0.915. The summed E-state index contributed by atoms with van der Waals surface area (Å²) in [5.74, 6) is 0. The first-order valence-corrected chi connectivity index (χ1v) is 3.96. The van der Waals surface area contributed by atoms with Crippen molar-refractivity contribution in [3.63, 3.8) is 0 Å². The molecule has 0 heterocycles. The monoisotopic (exact) mass is 192 g/mol. The summed E-state index contributed by atoms with van der Waals surface area (Å²) in [6, 6.07) is 0. The summed E-state index contributed by atoms with van der Waals surface area (Å²) in [6.07, 6.45) is -0.546. The van der Waals surface area contributed by atoms with Crippen LogP contribution >= 0.6 is 12.0 Å². The van der Waals surface area contributed by atoms with E-state index in [1.165, 1.54) is 9.80 Å². The van der Waals surface area contributed by atoms with Crippen molar-refractivity contribution in [3.8, 4) is 0 Å². The number of hydrogen-bond donors (Lipinski definition) is 0. The number of carbonyl (C=O) groups excluding carboxylic acids is 2. The van der Waals surface area contributed by atoms with Gasteiger partial charge in [-0.25, -0.2) is 4.79 Å². The molecule has 2 amide bonds. The maximum absolute atomic E-state index is 10.9. The largest absolute Gasteiger partial charge is 0.421 e. The second kappa shape index (κ2) is 4.87. The van der Waals surface area contributed by atoms with Crippen LogP contribution in [0.15, 0.2) is 0 Å². The van der Waals surface area contributed by atoms with Crippen molar-refractivity contribution in [2.24, 2.45) is 0 Å². The summed E-state index contributed by atoms with van der Waals surface area (Å²) in [5, 5.41) is -0.315. The molecule has 0 aliphatic heterocycles. The van der Waals surface area contributed by atoms with E-state index in [-0.39, 0.29) is 5.24 Å². The Morgan fingerprint density at radius 2 is 1.58 bits per heavy atom. The van der Waals surface area contributed by atoms with Gasteiger partial charge < -0.3 is 14.0 Å². The molecule has 0 saturated heterocycles. The van der Waals surface area contributed by atoms with Crippen molar-refractivity contribution in [1.29, 1.82) is 0 Å². The van der Waals surface area contributed by atoms with E-state index in [1.807, 2.05) is 0 Å². The molecule has 0 rings (SSSR count). The van der Waals surface area contributed by atoms with Crippen LogP contribution < -0.4 is 0 Å². The number of hydrogen-bond acceptors (Lipinski definition) is 4. The first-order valence-electron chi connectivity index (χ1n) is 3.22. The highest BCUT2D eigenvalue weighted by Crippen LogP contribution is 2.08. The van der Waals surface area contributed by atoms with Gasteiger partial charge >= 0.3 is 11.3 Å². The Hall–Kier alpha value is -0.910. The van der Waals surface area contributed by atoms with E-state index in [0.717, 1.165) is 0 Å². The minimum absolute atomic E-state index is 0.315. The topological polar surface area (TPSA) is 49.9 Å². The maximum atomic E-state index is 10.9. The molecule has 0 N–H and O–H groups in total. The highest BCUT2D eigenvalue weighted by Gasteiger charge is 2.11. The standard InChI is InChI=1S/C6H12N2O3S/c1-7(2)5(9)11-12-6(10)8(3)4/h1-4H3. The smallest absolute Gasteiger partial charge is 0.365 e. The summed E-state index contributed by atoms with van der Waals surface area (Å²) >= 11 is 0.517. The van der Waals surface area contributed by atoms with Crippen LogP contribution in [0.3, 0.4) is 0 Å². The number of nitrogens with zero attached hydrogens (tertiary/aromatic N) is 2. The van der Waals surface area contributed by atoms with Crippen molar-refractivity contribution in [3.05, 3.63) is 0 Å². The van der Waals surface area contributed by atoms with E-state index < -0.39 is 6.09 Å². The summed E-state index contributed by atoms with van der Waals surface area (Å²) in [6.45, 7) is 0. The molecule has 0 atom stereocenters. The molecular weight excluding hydrogens is 180 g/mol. The molecule has 0 bridgehead atoms. The minimum atomic E-state index is -0.546. The van der Waals surface area contributed by atoms with Crippen LogP contribution in [0.5, 0.6) is 0 Å². The molecule has 0 saturated carbocycles. The van der Waals surface area contributed by atoms with Gasteiger partial charge in [0.15, 0.2) is 12.0 Å². The molecule has 0 aliphatic carbocycles. The van der Waals surface area contributed by atoms with Crippen LogP contribution in [0.4, 0.5) is 9.59 Å². The van der Waals surface area contributed by atoms with Gasteiger partial charge in [0.25, 0.3) is 0 Å². The molecule has 0 fully saturated rings. The predicted molar refractivity (Wildman–Crippen MR) is 46.8 cm³/mol. The van der Waals surface area contributed by atoms with Crippen molar-refractivity contribution in [2.45, 2.75) is 0 Å². The Labute approximate surface area is 75.9 Å². The Morgan fingerprint density at radius 3 is 1.92 bits per heavy atom. The van der Waals surface area contributed by atoms with Crippen molar-refractivity contribution in [1.82, 2.24) is 9.80 Å². The number of carbonyl (C=O) groups is 2. The van der Waals surface area contributed by atoms with E-state index >= 15 is 0 Å². The fourth-order valence-electron chi connectivity index (χ4n) is 0.220. The third-order valence-corrected chi connectivity index (χ3v) is 1.65. The van der Waals surface area contributed by atoms with Crippen LogP contribution in [0.25, 0.3) is 0 Å². The fraction of sp³-hybridized carbons (Fsp3) is 0.667. The lowest BCUT2D eigenvalue weighted by atomic mass is 10.9. The molecule has 5 nitrogen and oxygen atoms in total. The van der Waals surface area contributed by atoms with Gasteiger partial charge in [-0.1, -0.05) is 0 Å². The van der Waals surface area contributed by atoms with Gasteiger partial charge in [0, 0.05) is 28.2 Å². The quantitative estimate of drug-likeness (QED) is 0.537. The first-order chi connectivity index (χ1) is 5.45. The van der Waals surface area contributed by atoms with Gasteiger partial charge in [-0.05, 0) is 0 Å². The second-order valence-corrected chi connectivity index (χ2v) is 3.17. The van der Waals surface area contributed by atoms with E-state index in [9.17, 15) is 9.59 Å². The van der Waals surface area contributed by atoms with Gasteiger partial charge in [-0.2, -0.15) is 0 Å². The minimum Gasteiger partial charge on any atom is -0.365 e. The molecule has 12 heavy (non-hydrogen) atoms. The van der Waals surface area contributed by atoms with Crippen molar-refractivity contribution >= 4 is 23.4 Å². The second-order valence-electron chi connectivity index (χ2n) is 2.49. The van der Waals surface area contributed by atoms with E-state index in [2.05, 4.69) is 4.18 Å². The van der Waals surface area contributed by atoms with Gasteiger partial charge in [0.05, 0.1) is 0 Å². The Kier molecular flexibility index (Phi) is 4.50. The molecule has 0 spiro atoms. The van der Waals surface area contributed by atoms with Gasteiger partial charge in [-0.3, -0.25) is 4.79 Å². The Bertz CT molecular complexity index is 162. The molecule has 0 aromatic carbocycles. The molecule has 0 aromatic rings. The summed E-state index contributed by atoms with van der Waals surface area (Å²) < 4.78 is 4.54. The highest BCUT2D eigenvalue weighted by molar-refractivity contribution is 8.09. The molecule has 70 valence electrons. The highest BCUT2D eigenvalue weighted by atomic mass is 32.2. The van der Waals surface area contributed by atoms with Crippen LogP contribution in [-0.4, -0.2) is 49.3 Å². The Morgan fingerprint density at radius 1 is 1.08 bits per heavy atom. The molecule has 0 radical (unpaired) electrons. The zero-order valence-electron chi connectivity index (χ0n) is 7.53. The van der Waals surface area contributed by atoms with Crippen LogP contribution in [0, 0.1) is 0 Å². The lowest BCUT2D eigenvalue weighted by Gasteiger charge is -2.11. The van der Waals surface area contributed by atoms with Gasteiger partial charge in [0.1, 0.15) is 0 Å².